The smallest absolute Gasteiger partial charge is 0.342 e. The molecule has 0 aromatic heterocycles. The summed E-state index contributed by atoms with van der Waals surface area (Å²) in [4.78, 5) is 10.9. The average molecular weight is 272 g/mol. The quantitative estimate of drug-likeness (QED) is 0.623. The van der Waals surface area contributed by atoms with Crippen LogP contribution in [0.5, 0.6) is 5.75 Å². The van der Waals surface area contributed by atoms with Crippen molar-refractivity contribution < 1.29 is 13.9 Å². The fourth-order valence-electron chi connectivity index (χ4n) is 2.12. The highest BCUT2D eigenvalue weighted by Crippen LogP contribution is 2.32. The van der Waals surface area contributed by atoms with Crippen molar-refractivity contribution in [2.45, 2.75) is 19.3 Å². The molecule has 3 heteroatoms. The fraction of sp³-hybridized carbons (Fsp3) is 0.235. The van der Waals surface area contributed by atoms with E-state index in [1.54, 1.807) is 12.1 Å². The molecule has 0 N–H and O–H groups in total. The van der Waals surface area contributed by atoms with Crippen molar-refractivity contribution in [2.75, 3.05) is 6.67 Å². The van der Waals surface area contributed by atoms with Crippen LogP contribution in [-0.2, 0) is 10.2 Å². The number of hydrogen-bond acceptors (Lipinski definition) is 2. The van der Waals surface area contributed by atoms with Crippen LogP contribution in [0.4, 0.5) is 4.39 Å². The number of hydrogen-bond donors (Lipinski definition) is 0. The van der Waals surface area contributed by atoms with E-state index in [4.69, 9.17) is 4.74 Å². The van der Waals surface area contributed by atoms with E-state index >= 15 is 0 Å². The minimum Gasteiger partial charge on any atom is -0.425 e. The molecule has 0 spiro atoms. The maximum absolute atomic E-state index is 12.1. The number of carbonyl (C=O) groups excluding carboxylic acids is 1. The molecule has 0 amide bonds. The number of esters is 1. The first-order valence-electron chi connectivity index (χ1n) is 6.47. The van der Waals surface area contributed by atoms with Gasteiger partial charge in [0.1, 0.15) is 5.75 Å². The largest absolute Gasteiger partial charge is 0.425 e. The minimum atomic E-state index is -1.11. The Hall–Kier alpha value is -2.16. The molecule has 0 heterocycles. The Kier molecular flexibility index (Phi) is 4.18. The zero-order valence-electron chi connectivity index (χ0n) is 11.6. The summed E-state index contributed by atoms with van der Waals surface area (Å²) in [5, 5.41) is 0. The fourth-order valence-corrected chi connectivity index (χ4v) is 2.12. The Labute approximate surface area is 118 Å². The van der Waals surface area contributed by atoms with Crippen LogP contribution in [0, 0.1) is 0 Å². The van der Waals surface area contributed by atoms with E-state index in [9.17, 15) is 9.18 Å². The second-order valence-electron chi connectivity index (χ2n) is 5.12. The molecule has 0 radical (unpaired) electrons. The SMILES string of the molecule is CC(C)(c1ccccc1)c1ccc(OC(=O)CF)cc1. The summed E-state index contributed by atoms with van der Waals surface area (Å²) in [7, 11) is 0. The van der Waals surface area contributed by atoms with Crippen molar-refractivity contribution >= 4 is 5.97 Å². The lowest BCUT2D eigenvalue weighted by Crippen LogP contribution is -2.18. The second-order valence-corrected chi connectivity index (χ2v) is 5.12. The van der Waals surface area contributed by atoms with Gasteiger partial charge in [0.25, 0.3) is 0 Å². The summed E-state index contributed by atoms with van der Waals surface area (Å²) in [6.07, 6.45) is 0. The van der Waals surface area contributed by atoms with Crippen molar-refractivity contribution in [1.29, 1.82) is 0 Å². The van der Waals surface area contributed by atoms with Gasteiger partial charge in [-0.05, 0) is 23.3 Å². The maximum atomic E-state index is 12.1. The molecule has 0 fully saturated rings. The molecule has 0 saturated heterocycles. The number of halogens is 1. The van der Waals surface area contributed by atoms with Gasteiger partial charge in [-0.25, -0.2) is 9.18 Å². The van der Waals surface area contributed by atoms with Gasteiger partial charge < -0.3 is 4.74 Å². The Bertz CT molecular complexity index is 574. The average Bonchev–Trinajstić information content (AvgIpc) is 2.48. The first-order valence-corrected chi connectivity index (χ1v) is 6.47. The summed E-state index contributed by atoms with van der Waals surface area (Å²) in [6.45, 7) is 3.15. The van der Waals surface area contributed by atoms with Crippen LogP contribution in [0.3, 0.4) is 0 Å². The predicted molar refractivity (Wildman–Crippen MR) is 76.6 cm³/mol. The third kappa shape index (κ3) is 3.05. The molecule has 2 aromatic carbocycles. The monoisotopic (exact) mass is 272 g/mol. The van der Waals surface area contributed by atoms with Crippen LogP contribution in [0.15, 0.2) is 54.6 Å². The van der Waals surface area contributed by atoms with Crippen molar-refractivity contribution in [2.24, 2.45) is 0 Å². The Morgan fingerprint density at radius 3 is 2.10 bits per heavy atom. The molecule has 20 heavy (non-hydrogen) atoms. The summed E-state index contributed by atoms with van der Waals surface area (Å²) >= 11 is 0. The van der Waals surface area contributed by atoms with E-state index in [0.717, 1.165) is 5.56 Å². The van der Waals surface area contributed by atoms with Gasteiger partial charge in [-0.15, -0.1) is 0 Å². The Morgan fingerprint density at radius 2 is 1.55 bits per heavy atom. The van der Waals surface area contributed by atoms with Gasteiger partial charge in [0.2, 0.25) is 0 Å². The van der Waals surface area contributed by atoms with Gasteiger partial charge in [-0.3, -0.25) is 0 Å². The first kappa shape index (κ1) is 14.3. The van der Waals surface area contributed by atoms with Crippen molar-refractivity contribution in [1.82, 2.24) is 0 Å². The molecule has 2 rings (SSSR count). The zero-order chi connectivity index (χ0) is 14.6. The normalized spacial score (nSPS) is 11.2. The van der Waals surface area contributed by atoms with E-state index in [-0.39, 0.29) is 5.41 Å². The molecule has 0 unspecified atom stereocenters. The zero-order valence-corrected chi connectivity index (χ0v) is 11.6. The van der Waals surface area contributed by atoms with Gasteiger partial charge in [0, 0.05) is 5.41 Å². The third-order valence-electron chi connectivity index (χ3n) is 3.41. The highest BCUT2D eigenvalue weighted by molar-refractivity contribution is 5.73. The minimum absolute atomic E-state index is 0.149. The van der Waals surface area contributed by atoms with E-state index in [1.807, 2.05) is 30.3 Å². The topological polar surface area (TPSA) is 26.3 Å². The lowest BCUT2D eigenvalue weighted by atomic mass is 9.78. The van der Waals surface area contributed by atoms with E-state index in [0.29, 0.717) is 5.75 Å². The second kappa shape index (κ2) is 5.87. The maximum Gasteiger partial charge on any atom is 0.342 e. The third-order valence-corrected chi connectivity index (χ3v) is 3.41. The first-order chi connectivity index (χ1) is 9.54. The molecular weight excluding hydrogens is 255 g/mol. The number of carbonyl (C=O) groups is 1. The molecule has 0 aliphatic heterocycles. The van der Waals surface area contributed by atoms with Crippen molar-refractivity contribution in [3.05, 3.63) is 65.7 Å². The molecule has 0 saturated carbocycles. The van der Waals surface area contributed by atoms with Crippen LogP contribution in [0.2, 0.25) is 0 Å². The van der Waals surface area contributed by atoms with E-state index in [2.05, 4.69) is 26.0 Å². The molecule has 0 aliphatic carbocycles. The molecular formula is C17H17FO2. The van der Waals surface area contributed by atoms with E-state index < -0.39 is 12.6 Å². The van der Waals surface area contributed by atoms with E-state index in [1.165, 1.54) is 5.56 Å². The van der Waals surface area contributed by atoms with Crippen LogP contribution < -0.4 is 4.74 Å². The Balaban J connectivity index is 2.23. The van der Waals surface area contributed by atoms with Gasteiger partial charge in [-0.1, -0.05) is 56.3 Å². The number of alkyl halides is 1. The molecule has 2 nitrogen and oxygen atoms in total. The van der Waals surface area contributed by atoms with Crippen molar-refractivity contribution in [3.8, 4) is 5.75 Å². The van der Waals surface area contributed by atoms with Gasteiger partial charge in [-0.2, -0.15) is 0 Å². The standard InChI is InChI=1S/C17H17FO2/c1-17(2,13-6-4-3-5-7-13)14-8-10-15(11-9-14)20-16(19)12-18/h3-11H,12H2,1-2H3. The highest BCUT2D eigenvalue weighted by Gasteiger charge is 2.22. The predicted octanol–water partition coefficient (Wildman–Crippen LogP) is 3.89. The molecule has 2 aromatic rings. The van der Waals surface area contributed by atoms with Crippen LogP contribution in [0.1, 0.15) is 25.0 Å². The lowest BCUT2D eigenvalue weighted by Gasteiger charge is -2.26. The number of benzene rings is 2. The van der Waals surface area contributed by atoms with Crippen LogP contribution in [0.25, 0.3) is 0 Å². The molecule has 0 bridgehead atoms. The van der Waals surface area contributed by atoms with Gasteiger partial charge >= 0.3 is 5.97 Å². The van der Waals surface area contributed by atoms with Crippen LogP contribution in [-0.4, -0.2) is 12.6 Å². The summed E-state index contributed by atoms with van der Waals surface area (Å²) in [5.41, 5.74) is 2.15. The number of rotatable bonds is 4. The molecule has 104 valence electrons. The lowest BCUT2D eigenvalue weighted by molar-refractivity contribution is -0.135. The molecule has 0 atom stereocenters. The van der Waals surface area contributed by atoms with Crippen LogP contribution >= 0.6 is 0 Å². The summed E-state index contributed by atoms with van der Waals surface area (Å²) in [5.74, 6) is -0.514. The highest BCUT2D eigenvalue weighted by atomic mass is 19.1. The summed E-state index contributed by atoms with van der Waals surface area (Å²) < 4.78 is 16.9. The van der Waals surface area contributed by atoms with Crippen molar-refractivity contribution in [3.63, 3.8) is 0 Å². The Morgan fingerprint density at radius 1 is 1.00 bits per heavy atom. The summed E-state index contributed by atoms with van der Waals surface area (Å²) in [6, 6.07) is 17.3. The molecule has 0 aliphatic rings. The van der Waals surface area contributed by atoms with Gasteiger partial charge in [0.05, 0.1) is 0 Å². The van der Waals surface area contributed by atoms with Gasteiger partial charge in [0.15, 0.2) is 6.67 Å². The number of ether oxygens (including phenoxy) is 1.